The van der Waals surface area contributed by atoms with E-state index in [-0.39, 0.29) is 0 Å². The van der Waals surface area contributed by atoms with Gasteiger partial charge in [-0.1, -0.05) is 24.3 Å². The monoisotopic (exact) mass is 272 g/mol. The van der Waals surface area contributed by atoms with Crippen molar-refractivity contribution in [1.82, 2.24) is 5.43 Å². The molecule has 3 nitrogen and oxygen atoms in total. The molecule has 3 N–H and O–H groups in total. The zero-order chi connectivity index (χ0) is 13.5. The van der Waals surface area contributed by atoms with Crippen LogP contribution in [0.2, 0.25) is 0 Å². The fourth-order valence-corrected chi connectivity index (χ4v) is 4.72. The van der Waals surface area contributed by atoms with Gasteiger partial charge < -0.3 is 4.74 Å². The summed E-state index contributed by atoms with van der Waals surface area (Å²) in [6.45, 7) is 1.81. The van der Waals surface area contributed by atoms with Crippen LogP contribution in [0, 0.1) is 17.8 Å². The summed E-state index contributed by atoms with van der Waals surface area (Å²) in [5.41, 5.74) is 6.29. The number of rotatable bonds is 3. The van der Waals surface area contributed by atoms with Crippen molar-refractivity contribution >= 4 is 0 Å². The van der Waals surface area contributed by atoms with Crippen LogP contribution in [-0.4, -0.2) is 19.3 Å². The van der Waals surface area contributed by atoms with E-state index in [0.717, 1.165) is 31.0 Å². The van der Waals surface area contributed by atoms with Gasteiger partial charge in [0.25, 0.3) is 0 Å². The van der Waals surface area contributed by atoms with Crippen LogP contribution in [-0.2, 0) is 11.2 Å². The molecule has 0 spiro atoms. The quantitative estimate of drug-likeness (QED) is 0.655. The summed E-state index contributed by atoms with van der Waals surface area (Å²) in [6, 6.07) is 9.42. The molecule has 1 aromatic rings. The second kappa shape index (κ2) is 5.14. The summed E-state index contributed by atoms with van der Waals surface area (Å²) in [7, 11) is 0. The van der Waals surface area contributed by atoms with E-state index >= 15 is 0 Å². The molecule has 3 aliphatic rings. The average molecular weight is 272 g/mol. The second-order valence-electron chi connectivity index (χ2n) is 6.67. The Morgan fingerprint density at radius 1 is 1.25 bits per heavy atom. The summed E-state index contributed by atoms with van der Waals surface area (Å²) < 4.78 is 5.67. The first-order valence-electron chi connectivity index (χ1n) is 8.02. The van der Waals surface area contributed by atoms with Gasteiger partial charge in [0.1, 0.15) is 0 Å². The lowest BCUT2D eigenvalue weighted by Gasteiger charge is -2.30. The molecule has 2 fully saturated rings. The van der Waals surface area contributed by atoms with Gasteiger partial charge in [0, 0.05) is 12.6 Å². The van der Waals surface area contributed by atoms with Crippen molar-refractivity contribution in [3.63, 3.8) is 0 Å². The Labute approximate surface area is 120 Å². The molecule has 0 amide bonds. The largest absolute Gasteiger partial charge is 0.381 e. The van der Waals surface area contributed by atoms with Gasteiger partial charge in [-0.15, -0.1) is 0 Å². The van der Waals surface area contributed by atoms with Crippen LogP contribution in [0.5, 0.6) is 0 Å². The smallest absolute Gasteiger partial charge is 0.0509 e. The summed E-state index contributed by atoms with van der Waals surface area (Å²) in [4.78, 5) is 0. The van der Waals surface area contributed by atoms with Crippen molar-refractivity contribution < 1.29 is 4.74 Å². The molecule has 3 heteroatoms. The predicted octanol–water partition coefficient (Wildman–Crippen LogP) is 2.22. The molecule has 5 unspecified atom stereocenters. The number of benzene rings is 1. The first-order valence-corrected chi connectivity index (χ1v) is 8.02. The predicted molar refractivity (Wildman–Crippen MR) is 79.1 cm³/mol. The van der Waals surface area contributed by atoms with Crippen LogP contribution in [0.1, 0.15) is 36.3 Å². The highest BCUT2D eigenvalue weighted by molar-refractivity contribution is 5.40. The third-order valence-electron chi connectivity index (χ3n) is 5.70. The van der Waals surface area contributed by atoms with Crippen LogP contribution in [0.3, 0.4) is 0 Å². The standard InChI is InChI=1S/C17H24N2O/c18-19-17(12-5-3-9-20-10-12)16-14-8-7-11-4-1-2-6-13(11)15(14)16/h1-2,4,6,12,14-17,19H,3,5,7-10,18H2. The molecule has 1 heterocycles. The Morgan fingerprint density at radius 2 is 2.15 bits per heavy atom. The van der Waals surface area contributed by atoms with Crippen molar-refractivity contribution in [1.29, 1.82) is 0 Å². The summed E-state index contributed by atoms with van der Waals surface area (Å²) >= 11 is 0. The lowest BCUT2D eigenvalue weighted by atomic mass is 9.89. The minimum Gasteiger partial charge on any atom is -0.381 e. The van der Waals surface area contributed by atoms with Crippen molar-refractivity contribution in [2.45, 2.75) is 37.6 Å². The van der Waals surface area contributed by atoms with Crippen molar-refractivity contribution in [3.05, 3.63) is 35.4 Å². The van der Waals surface area contributed by atoms with E-state index in [1.54, 1.807) is 11.1 Å². The van der Waals surface area contributed by atoms with E-state index in [1.165, 1.54) is 25.7 Å². The molecule has 0 bridgehead atoms. The molecule has 0 radical (unpaired) electrons. The number of nitrogens with two attached hydrogens (primary N) is 1. The van der Waals surface area contributed by atoms with Gasteiger partial charge in [0.15, 0.2) is 0 Å². The number of fused-ring (bicyclic) bond motifs is 3. The van der Waals surface area contributed by atoms with E-state index in [2.05, 4.69) is 29.7 Å². The van der Waals surface area contributed by atoms with Crippen molar-refractivity contribution in [3.8, 4) is 0 Å². The summed E-state index contributed by atoms with van der Waals surface area (Å²) in [5.74, 6) is 8.80. The van der Waals surface area contributed by atoms with Crippen LogP contribution >= 0.6 is 0 Å². The van der Waals surface area contributed by atoms with Gasteiger partial charge in [-0.3, -0.25) is 11.3 Å². The van der Waals surface area contributed by atoms with E-state index in [0.29, 0.717) is 12.0 Å². The minimum absolute atomic E-state index is 0.427. The molecule has 1 saturated carbocycles. The SMILES string of the molecule is NNC(C1CCCOC1)C1C2CCc3ccccc3C21. The normalized spacial score (nSPS) is 36.9. The number of aryl methyl sites for hydroxylation is 1. The molecule has 0 aromatic heterocycles. The molecule has 1 aromatic carbocycles. The fourth-order valence-electron chi connectivity index (χ4n) is 4.72. The molecule has 1 aliphatic heterocycles. The van der Waals surface area contributed by atoms with Crippen molar-refractivity contribution in [2.24, 2.45) is 23.6 Å². The Kier molecular flexibility index (Phi) is 3.29. The Hall–Kier alpha value is -0.900. The van der Waals surface area contributed by atoms with Crippen LogP contribution in [0.4, 0.5) is 0 Å². The lowest BCUT2D eigenvalue weighted by molar-refractivity contribution is 0.0345. The van der Waals surface area contributed by atoms with E-state index in [4.69, 9.17) is 10.6 Å². The van der Waals surface area contributed by atoms with Gasteiger partial charge in [-0.2, -0.15) is 0 Å². The molecule has 2 aliphatic carbocycles. The highest BCUT2D eigenvalue weighted by Gasteiger charge is 2.57. The van der Waals surface area contributed by atoms with Crippen LogP contribution < -0.4 is 11.3 Å². The Morgan fingerprint density at radius 3 is 2.95 bits per heavy atom. The van der Waals surface area contributed by atoms with Gasteiger partial charge in [-0.05, 0) is 60.5 Å². The summed E-state index contributed by atoms with van der Waals surface area (Å²) in [6.07, 6.45) is 5.01. The first kappa shape index (κ1) is 12.8. The highest BCUT2D eigenvalue weighted by atomic mass is 16.5. The number of nitrogens with one attached hydrogen (secondary N) is 1. The molecule has 5 atom stereocenters. The number of ether oxygens (including phenoxy) is 1. The number of hydrogen-bond donors (Lipinski definition) is 2. The van der Waals surface area contributed by atoms with Crippen LogP contribution in [0.15, 0.2) is 24.3 Å². The lowest BCUT2D eigenvalue weighted by Crippen LogP contribution is -2.46. The molecular weight excluding hydrogens is 248 g/mol. The number of hydrogen-bond acceptors (Lipinski definition) is 3. The second-order valence-corrected chi connectivity index (χ2v) is 6.67. The maximum atomic E-state index is 5.91. The van der Waals surface area contributed by atoms with Gasteiger partial charge in [0.05, 0.1) is 6.61 Å². The Balaban J connectivity index is 1.55. The van der Waals surface area contributed by atoms with Crippen LogP contribution in [0.25, 0.3) is 0 Å². The zero-order valence-electron chi connectivity index (χ0n) is 11.9. The molecule has 108 valence electrons. The fraction of sp³-hybridized carbons (Fsp3) is 0.647. The minimum atomic E-state index is 0.427. The third kappa shape index (κ3) is 2.00. The third-order valence-corrected chi connectivity index (χ3v) is 5.70. The maximum absolute atomic E-state index is 5.91. The first-order chi connectivity index (χ1) is 9.90. The number of hydrazine groups is 1. The van der Waals surface area contributed by atoms with Gasteiger partial charge >= 0.3 is 0 Å². The van der Waals surface area contributed by atoms with Crippen molar-refractivity contribution in [2.75, 3.05) is 13.2 Å². The zero-order valence-corrected chi connectivity index (χ0v) is 11.9. The highest BCUT2D eigenvalue weighted by Crippen LogP contribution is 2.62. The average Bonchev–Trinajstić information content (AvgIpc) is 3.24. The van der Waals surface area contributed by atoms with E-state index in [9.17, 15) is 0 Å². The Bertz CT molecular complexity index is 484. The summed E-state index contributed by atoms with van der Waals surface area (Å²) in [5, 5.41) is 0. The molecule has 4 rings (SSSR count). The molecular formula is C17H24N2O. The molecule has 1 saturated heterocycles. The van der Waals surface area contributed by atoms with Gasteiger partial charge in [0.2, 0.25) is 0 Å². The topological polar surface area (TPSA) is 47.3 Å². The molecule has 20 heavy (non-hydrogen) atoms. The maximum Gasteiger partial charge on any atom is 0.0509 e. The van der Waals surface area contributed by atoms with E-state index in [1.807, 2.05) is 0 Å². The van der Waals surface area contributed by atoms with E-state index < -0.39 is 0 Å². The van der Waals surface area contributed by atoms with Gasteiger partial charge in [-0.25, -0.2) is 0 Å².